The van der Waals surface area contributed by atoms with Gasteiger partial charge in [0.05, 0.1) is 10.8 Å². The molecule has 2 unspecified atom stereocenters. The summed E-state index contributed by atoms with van der Waals surface area (Å²) in [6.45, 7) is 10.9. The number of amides is 2. The van der Waals surface area contributed by atoms with Gasteiger partial charge in [-0.15, -0.1) is 13.2 Å². The zero-order valence-corrected chi connectivity index (χ0v) is 28.9. The van der Waals surface area contributed by atoms with Crippen LogP contribution in [0.5, 0.6) is 0 Å². The monoisotopic (exact) mass is 670 g/mol. The number of pyridine rings is 2. The van der Waals surface area contributed by atoms with Crippen molar-refractivity contribution in [1.82, 2.24) is 29.7 Å². The first kappa shape index (κ1) is 34.0. The van der Waals surface area contributed by atoms with E-state index >= 15 is 0 Å². The topological polar surface area (TPSA) is 134 Å². The Morgan fingerprint density at radius 1 is 0.580 bits per heavy atom. The highest BCUT2D eigenvalue weighted by Gasteiger charge is 2.42. The fourth-order valence-electron chi connectivity index (χ4n) is 7.03. The van der Waals surface area contributed by atoms with Gasteiger partial charge in [0, 0.05) is 83.9 Å². The summed E-state index contributed by atoms with van der Waals surface area (Å²) in [6.07, 6.45) is 5.31. The van der Waals surface area contributed by atoms with E-state index in [-0.39, 0.29) is 22.9 Å². The van der Waals surface area contributed by atoms with Gasteiger partial charge in [-0.3, -0.25) is 19.2 Å². The maximum atomic E-state index is 12.6. The molecule has 0 aliphatic carbocycles. The predicted octanol–water partition coefficient (Wildman–Crippen LogP) is 5.42. The minimum atomic E-state index is -0.741. The van der Waals surface area contributed by atoms with Crippen LogP contribution >= 0.6 is 0 Å². The summed E-state index contributed by atoms with van der Waals surface area (Å²) in [5.41, 5.74) is 4.92. The molecular formula is C40H42N6O4. The normalized spacial score (nSPS) is 19.8. The zero-order valence-electron chi connectivity index (χ0n) is 28.9. The number of H-pyrrole nitrogens is 2. The van der Waals surface area contributed by atoms with Crippen LogP contribution in [-0.4, -0.2) is 44.0 Å². The van der Waals surface area contributed by atoms with Crippen molar-refractivity contribution in [2.75, 3.05) is 13.1 Å². The molecule has 2 atom stereocenters. The predicted molar refractivity (Wildman–Crippen MR) is 199 cm³/mol. The molecule has 2 amide bonds. The molecule has 6 heterocycles. The Hall–Kier alpha value is -5.90. The molecule has 50 heavy (non-hydrogen) atoms. The number of nitrogens with one attached hydrogen (secondary N) is 4. The van der Waals surface area contributed by atoms with Gasteiger partial charge in [-0.05, 0) is 86.3 Å². The lowest BCUT2D eigenvalue weighted by atomic mass is 9.81. The second-order valence-corrected chi connectivity index (χ2v) is 13.3. The fraction of sp³-hybridized carbons (Fsp3) is 0.250. The maximum absolute atomic E-state index is 12.6. The number of aromatic nitrogens is 4. The third-order valence-corrected chi connectivity index (χ3v) is 10.2. The van der Waals surface area contributed by atoms with E-state index in [4.69, 9.17) is 0 Å². The summed E-state index contributed by atoms with van der Waals surface area (Å²) in [6, 6.07) is 23.6. The second kappa shape index (κ2) is 13.2. The third-order valence-electron chi connectivity index (χ3n) is 10.2. The molecular weight excluding hydrogens is 628 g/mol. The molecule has 10 nitrogen and oxygen atoms in total. The number of carbonyl (C=O) groups is 2. The Bertz CT molecular complexity index is 2210. The number of aryl methyl sites for hydroxylation is 2. The molecule has 0 bridgehead atoms. The molecule has 256 valence electrons. The van der Waals surface area contributed by atoms with E-state index in [2.05, 4.69) is 67.2 Å². The Morgan fingerprint density at radius 3 is 1.32 bits per heavy atom. The minimum Gasteiger partial charge on any atom is -0.355 e. The molecule has 6 aromatic rings. The standard InChI is InChI=1S/2C19H19N3O2.C2H4/c2*1-19(8-9-20-18(19)24)14-4-5-15(21-17(14)23)12-3-6-16-13(11-12)7-10-22(16)2;1-2/h2*3-7,10-11H,8-9H2,1-2H3,(H,20,24)(H,21,23);1-2H2. The maximum Gasteiger partial charge on any atom is 0.252 e. The average Bonchev–Trinajstić information content (AvgIpc) is 3.88. The zero-order chi connectivity index (χ0) is 35.8. The highest BCUT2D eigenvalue weighted by molar-refractivity contribution is 5.91. The molecule has 2 aromatic carbocycles. The van der Waals surface area contributed by atoms with Gasteiger partial charge >= 0.3 is 0 Å². The van der Waals surface area contributed by atoms with Gasteiger partial charge in [0.1, 0.15) is 0 Å². The first-order valence-corrected chi connectivity index (χ1v) is 16.6. The lowest BCUT2D eigenvalue weighted by molar-refractivity contribution is -0.124. The highest BCUT2D eigenvalue weighted by atomic mass is 16.2. The molecule has 0 radical (unpaired) electrons. The summed E-state index contributed by atoms with van der Waals surface area (Å²) in [4.78, 5) is 55.2. The first-order valence-electron chi connectivity index (χ1n) is 16.6. The largest absolute Gasteiger partial charge is 0.355 e. The minimum absolute atomic E-state index is 0.0774. The van der Waals surface area contributed by atoms with E-state index in [0.29, 0.717) is 37.1 Å². The molecule has 4 N–H and O–H groups in total. The van der Waals surface area contributed by atoms with Gasteiger partial charge in [-0.1, -0.05) is 24.3 Å². The van der Waals surface area contributed by atoms with Crippen molar-refractivity contribution in [2.45, 2.75) is 37.5 Å². The van der Waals surface area contributed by atoms with Crippen molar-refractivity contribution in [3.05, 3.63) is 130 Å². The number of hydrogen-bond acceptors (Lipinski definition) is 4. The Morgan fingerprint density at radius 2 is 0.980 bits per heavy atom. The van der Waals surface area contributed by atoms with Crippen LogP contribution in [0.25, 0.3) is 44.3 Å². The summed E-state index contributed by atoms with van der Waals surface area (Å²) < 4.78 is 4.12. The van der Waals surface area contributed by atoms with Crippen molar-refractivity contribution in [3.63, 3.8) is 0 Å². The number of benzene rings is 2. The van der Waals surface area contributed by atoms with E-state index in [1.54, 1.807) is 12.1 Å². The summed E-state index contributed by atoms with van der Waals surface area (Å²) >= 11 is 0. The number of fused-ring (bicyclic) bond motifs is 2. The quantitative estimate of drug-likeness (QED) is 0.186. The molecule has 2 saturated heterocycles. The SMILES string of the molecule is C=C.Cn1ccc2cc(-c3ccc(C4(C)CCNC4=O)c(=O)[nH]3)ccc21.Cn1ccc2cc(-c3ccc(C4(C)CCNC4=O)c(=O)[nH]3)ccc21. The highest BCUT2D eigenvalue weighted by Crippen LogP contribution is 2.32. The van der Waals surface area contributed by atoms with Crippen LogP contribution in [0.1, 0.15) is 37.8 Å². The Kier molecular flexibility index (Phi) is 8.96. The van der Waals surface area contributed by atoms with Gasteiger partial charge in [0.2, 0.25) is 11.8 Å². The van der Waals surface area contributed by atoms with Crippen molar-refractivity contribution >= 4 is 33.6 Å². The van der Waals surface area contributed by atoms with E-state index in [1.165, 1.54) is 0 Å². The second-order valence-electron chi connectivity index (χ2n) is 13.3. The van der Waals surface area contributed by atoms with Crippen LogP contribution in [0.15, 0.2) is 108 Å². The first-order chi connectivity index (χ1) is 24.0. The van der Waals surface area contributed by atoms with E-state index in [0.717, 1.165) is 44.3 Å². The van der Waals surface area contributed by atoms with E-state index < -0.39 is 10.8 Å². The van der Waals surface area contributed by atoms with Crippen LogP contribution in [0.2, 0.25) is 0 Å². The molecule has 0 saturated carbocycles. The molecule has 8 rings (SSSR count). The van der Waals surface area contributed by atoms with Crippen LogP contribution in [0.4, 0.5) is 0 Å². The molecule has 0 spiro atoms. The third kappa shape index (κ3) is 5.87. The summed E-state index contributed by atoms with van der Waals surface area (Å²) in [5.74, 6) is -0.155. The summed E-state index contributed by atoms with van der Waals surface area (Å²) in [7, 11) is 4.01. The molecule has 2 aliphatic heterocycles. The van der Waals surface area contributed by atoms with Gasteiger partial charge < -0.3 is 29.7 Å². The molecule has 10 heteroatoms. The van der Waals surface area contributed by atoms with Crippen molar-refractivity contribution in [1.29, 1.82) is 0 Å². The molecule has 2 aliphatic rings. The number of rotatable bonds is 4. The van der Waals surface area contributed by atoms with Gasteiger partial charge in [-0.25, -0.2) is 0 Å². The smallest absolute Gasteiger partial charge is 0.252 e. The van der Waals surface area contributed by atoms with Crippen molar-refractivity contribution in [3.8, 4) is 22.5 Å². The fourth-order valence-corrected chi connectivity index (χ4v) is 7.03. The summed E-state index contributed by atoms with van der Waals surface area (Å²) in [5, 5.41) is 7.87. The van der Waals surface area contributed by atoms with Crippen LogP contribution in [-0.2, 0) is 34.5 Å². The molecule has 2 fully saturated rings. The number of hydrogen-bond donors (Lipinski definition) is 4. The number of aromatic amines is 2. The van der Waals surface area contributed by atoms with Gasteiger partial charge in [0.25, 0.3) is 11.1 Å². The lowest BCUT2D eigenvalue weighted by Crippen LogP contribution is -2.37. The van der Waals surface area contributed by atoms with Crippen LogP contribution < -0.4 is 21.8 Å². The molecule has 4 aromatic heterocycles. The van der Waals surface area contributed by atoms with E-state index in [1.807, 2.05) is 76.7 Å². The van der Waals surface area contributed by atoms with Crippen molar-refractivity contribution < 1.29 is 9.59 Å². The van der Waals surface area contributed by atoms with E-state index in [9.17, 15) is 19.2 Å². The van der Waals surface area contributed by atoms with Gasteiger partial charge in [-0.2, -0.15) is 0 Å². The Labute approximate surface area is 289 Å². The average molecular weight is 671 g/mol. The van der Waals surface area contributed by atoms with Gasteiger partial charge in [0.15, 0.2) is 0 Å². The number of nitrogens with zero attached hydrogens (tertiary/aromatic N) is 2. The van der Waals surface area contributed by atoms with Crippen LogP contribution in [0, 0.1) is 0 Å². The lowest BCUT2D eigenvalue weighted by Gasteiger charge is -2.20. The number of carbonyl (C=O) groups excluding carboxylic acids is 2. The Balaban J connectivity index is 0.000000165. The van der Waals surface area contributed by atoms with Crippen LogP contribution in [0.3, 0.4) is 0 Å². The van der Waals surface area contributed by atoms with Crippen molar-refractivity contribution in [2.24, 2.45) is 14.1 Å².